The lowest BCUT2D eigenvalue weighted by Gasteiger charge is -2.22. The molecule has 8 heteroatoms. The number of halogens is 1. The van der Waals surface area contributed by atoms with Crippen molar-refractivity contribution in [2.45, 2.75) is 38.6 Å². The van der Waals surface area contributed by atoms with Crippen molar-refractivity contribution in [1.82, 2.24) is 5.16 Å². The van der Waals surface area contributed by atoms with E-state index in [0.717, 1.165) is 4.90 Å². The molecular formula is C14H16ClN2O5-. The summed E-state index contributed by atoms with van der Waals surface area (Å²) < 4.78 is 10.2. The smallest absolute Gasteiger partial charge is 0.296 e. The lowest BCUT2D eigenvalue weighted by Crippen LogP contribution is -2.40. The Morgan fingerprint density at radius 1 is 1.55 bits per heavy atom. The third-order valence-electron chi connectivity index (χ3n) is 3.28. The van der Waals surface area contributed by atoms with Gasteiger partial charge in [-0.15, -0.1) is 0 Å². The summed E-state index contributed by atoms with van der Waals surface area (Å²) in [7, 11) is 1.29. The molecular weight excluding hydrogens is 312 g/mol. The van der Waals surface area contributed by atoms with Crippen LogP contribution in [-0.4, -0.2) is 30.2 Å². The number of nitrogens with zero attached hydrogens (tertiary/aromatic N) is 2. The number of rotatable bonds is 4. The summed E-state index contributed by atoms with van der Waals surface area (Å²) in [4.78, 5) is 24.4. The quantitative estimate of drug-likeness (QED) is 0.816. The minimum absolute atomic E-state index is 0.0111. The van der Waals surface area contributed by atoms with E-state index in [9.17, 15) is 14.7 Å². The van der Waals surface area contributed by atoms with Crippen LogP contribution >= 0.6 is 11.6 Å². The topological polar surface area (TPSA) is 95.7 Å². The largest absolute Gasteiger partial charge is 0.550 e. The Hall–Kier alpha value is -2.02. The van der Waals surface area contributed by atoms with Gasteiger partial charge in [-0.2, -0.15) is 0 Å². The Labute approximate surface area is 132 Å². The molecule has 1 atom stereocenters. The normalized spacial score (nSPS) is 19.0. The molecule has 1 aliphatic heterocycles. The van der Waals surface area contributed by atoms with Crippen molar-refractivity contribution < 1.29 is 24.0 Å². The van der Waals surface area contributed by atoms with Gasteiger partial charge in [-0.05, 0) is 0 Å². The van der Waals surface area contributed by atoms with Crippen molar-refractivity contribution in [3.8, 4) is 0 Å². The highest BCUT2D eigenvalue weighted by atomic mass is 35.5. The van der Waals surface area contributed by atoms with Gasteiger partial charge in [0.25, 0.3) is 5.91 Å². The average molecular weight is 328 g/mol. The average Bonchev–Trinajstić information content (AvgIpc) is 2.94. The molecule has 1 aromatic heterocycles. The van der Waals surface area contributed by atoms with E-state index in [2.05, 4.69) is 5.16 Å². The van der Waals surface area contributed by atoms with Crippen LogP contribution in [0, 0.1) is 0 Å². The van der Waals surface area contributed by atoms with Crippen LogP contribution in [0.3, 0.4) is 0 Å². The van der Waals surface area contributed by atoms with Gasteiger partial charge in [0.2, 0.25) is 5.76 Å². The Kier molecular flexibility index (Phi) is 4.19. The second kappa shape index (κ2) is 5.64. The lowest BCUT2D eigenvalue weighted by atomic mass is 9.93. The molecule has 22 heavy (non-hydrogen) atoms. The number of hydrogen-bond donors (Lipinski definition) is 0. The molecule has 2 rings (SSSR count). The Morgan fingerprint density at radius 3 is 2.64 bits per heavy atom. The molecule has 1 aliphatic rings. The molecule has 0 radical (unpaired) electrons. The second-order valence-electron chi connectivity index (χ2n) is 5.95. The van der Waals surface area contributed by atoms with Crippen LogP contribution < -0.4 is 10.0 Å². The molecule has 1 unspecified atom stereocenters. The first-order chi connectivity index (χ1) is 10.2. The van der Waals surface area contributed by atoms with Crippen molar-refractivity contribution >= 4 is 29.3 Å². The molecule has 7 nitrogen and oxygen atoms in total. The third kappa shape index (κ3) is 2.81. The summed E-state index contributed by atoms with van der Waals surface area (Å²) in [5, 5.41) is 14.8. The summed E-state index contributed by atoms with van der Waals surface area (Å²) in [6, 6.07) is 0.662. The van der Waals surface area contributed by atoms with Crippen molar-refractivity contribution in [2.24, 2.45) is 0 Å². The second-order valence-corrected chi connectivity index (χ2v) is 6.35. The van der Waals surface area contributed by atoms with Crippen LogP contribution in [0.25, 0.3) is 0 Å². The van der Waals surface area contributed by atoms with Gasteiger partial charge in [0.05, 0.1) is 18.2 Å². The maximum atomic E-state index is 12.4. The maximum Gasteiger partial charge on any atom is 0.296 e. The van der Waals surface area contributed by atoms with Gasteiger partial charge in [-0.25, -0.2) is 0 Å². The number of hydrogen-bond acceptors (Lipinski definition) is 6. The van der Waals surface area contributed by atoms with E-state index < -0.39 is 24.3 Å². The number of carboxylic acids is 1. The number of aliphatic carboxylic acids is 1. The molecule has 0 N–H and O–H groups in total. The fourth-order valence-electron chi connectivity index (χ4n) is 2.14. The van der Waals surface area contributed by atoms with Crippen LogP contribution in [0.1, 0.15) is 33.0 Å². The van der Waals surface area contributed by atoms with E-state index in [1.54, 1.807) is 6.07 Å². The van der Waals surface area contributed by atoms with Gasteiger partial charge < -0.3 is 19.2 Å². The third-order valence-corrected chi connectivity index (χ3v) is 3.71. The number of aromatic nitrogens is 1. The molecule has 0 fully saturated rings. The van der Waals surface area contributed by atoms with Gasteiger partial charge in [0, 0.05) is 23.9 Å². The van der Waals surface area contributed by atoms with Crippen LogP contribution in [0.4, 0.5) is 5.82 Å². The number of carboxylic acid groups (broad SMARTS) is 1. The summed E-state index contributed by atoms with van der Waals surface area (Å²) in [6.45, 7) is 5.77. The van der Waals surface area contributed by atoms with Gasteiger partial charge in [0.1, 0.15) is 5.76 Å². The predicted octanol–water partition coefficient (Wildman–Crippen LogP) is 0.924. The zero-order valence-corrected chi connectivity index (χ0v) is 13.4. The fourth-order valence-corrected chi connectivity index (χ4v) is 2.47. The SMILES string of the molecule is COC1=C(Cl)C(CC(=O)[O-])N(c2cc(C(C)(C)C)on2)C1=O. The number of carbonyl (C=O) groups excluding carboxylic acids is 2. The maximum absolute atomic E-state index is 12.4. The van der Waals surface area contributed by atoms with E-state index >= 15 is 0 Å². The molecule has 0 aliphatic carbocycles. The van der Waals surface area contributed by atoms with Crippen LogP contribution in [0.15, 0.2) is 21.4 Å². The van der Waals surface area contributed by atoms with Gasteiger partial charge in [-0.3, -0.25) is 9.69 Å². The molecule has 0 bridgehead atoms. The first kappa shape index (κ1) is 16.4. The van der Waals surface area contributed by atoms with E-state index in [0.29, 0.717) is 5.76 Å². The first-order valence-corrected chi connectivity index (χ1v) is 6.99. The zero-order valence-electron chi connectivity index (χ0n) is 12.7. The Balaban J connectivity index is 2.42. The molecule has 120 valence electrons. The van der Waals surface area contributed by atoms with Gasteiger partial charge >= 0.3 is 0 Å². The Bertz CT molecular complexity index is 644. The highest BCUT2D eigenvalue weighted by molar-refractivity contribution is 6.35. The number of amides is 1. The minimum atomic E-state index is -1.34. The van der Waals surface area contributed by atoms with Crippen molar-refractivity contribution in [3.63, 3.8) is 0 Å². The van der Waals surface area contributed by atoms with Crippen LogP contribution in [-0.2, 0) is 19.7 Å². The minimum Gasteiger partial charge on any atom is -0.550 e. The molecule has 0 spiro atoms. The summed E-state index contributed by atoms with van der Waals surface area (Å²) in [5.74, 6) is -1.26. The highest BCUT2D eigenvalue weighted by Crippen LogP contribution is 2.36. The zero-order chi connectivity index (χ0) is 16.7. The Morgan fingerprint density at radius 2 is 2.18 bits per heavy atom. The van der Waals surface area contributed by atoms with Crippen molar-refractivity contribution in [1.29, 1.82) is 0 Å². The molecule has 0 saturated carbocycles. The number of anilines is 1. The molecule has 2 heterocycles. The standard InChI is InChI=1S/C14H17ClN2O5/c1-14(2,3)8-6-9(16-22-8)17-7(5-10(18)19)11(15)12(21-4)13(17)20/h6-7H,5H2,1-4H3,(H,18,19)/p-1. The predicted molar refractivity (Wildman–Crippen MR) is 76.0 cm³/mol. The van der Waals surface area contributed by atoms with Gasteiger partial charge in [0.15, 0.2) is 5.82 Å². The number of carbonyl (C=O) groups is 2. The van der Waals surface area contributed by atoms with Gasteiger partial charge in [-0.1, -0.05) is 37.5 Å². The molecule has 1 amide bonds. The van der Waals surface area contributed by atoms with E-state index in [4.69, 9.17) is 20.9 Å². The number of ether oxygens (including phenoxy) is 1. The van der Waals surface area contributed by atoms with Crippen LogP contribution in [0.5, 0.6) is 0 Å². The number of methoxy groups -OCH3 is 1. The van der Waals surface area contributed by atoms with E-state index in [1.165, 1.54) is 7.11 Å². The summed E-state index contributed by atoms with van der Waals surface area (Å²) in [6.07, 6.45) is -0.463. The fraction of sp³-hybridized carbons (Fsp3) is 0.500. The van der Waals surface area contributed by atoms with Crippen LogP contribution in [0.2, 0.25) is 0 Å². The van der Waals surface area contributed by atoms with Crippen molar-refractivity contribution in [2.75, 3.05) is 12.0 Å². The van der Waals surface area contributed by atoms with Crippen molar-refractivity contribution in [3.05, 3.63) is 22.6 Å². The lowest BCUT2D eigenvalue weighted by molar-refractivity contribution is -0.305. The first-order valence-electron chi connectivity index (χ1n) is 6.61. The monoisotopic (exact) mass is 327 g/mol. The molecule has 1 aromatic rings. The summed E-state index contributed by atoms with van der Waals surface area (Å²) in [5.41, 5.74) is -0.306. The molecule has 0 saturated heterocycles. The van der Waals surface area contributed by atoms with E-state index in [-0.39, 0.29) is 22.0 Å². The van der Waals surface area contributed by atoms with E-state index in [1.807, 2.05) is 20.8 Å². The highest BCUT2D eigenvalue weighted by Gasteiger charge is 2.42. The summed E-state index contributed by atoms with van der Waals surface area (Å²) >= 11 is 6.07. The molecule has 0 aromatic carbocycles.